The summed E-state index contributed by atoms with van der Waals surface area (Å²) < 4.78 is 0. The Morgan fingerprint density at radius 2 is 2.37 bits per heavy atom. The summed E-state index contributed by atoms with van der Waals surface area (Å²) in [6, 6.07) is 3.52. The van der Waals surface area contributed by atoms with Crippen LogP contribution in [-0.2, 0) is 0 Å². The lowest BCUT2D eigenvalue weighted by Crippen LogP contribution is -2.15. The highest BCUT2D eigenvalue weighted by molar-refractivity contribution is 7.18. The van der Waals surface area contributed by atoms with E-state index in [1.54, 1.807) is 24.5 Å². The Hall–Kier alpha value is -2.15. The summed E-state index contributed by atoms with van der Waals surface area (Å²) >= 11 is 1.28. The van der Waals surface area contributed by atoms with Crippen LogP contribution in [-0.4, -0.2) is 29.5 Å². The predicted octanol–water partition coefficient (Wildman–Crippen LogP) is 1.83. The van der Waals surface area contributed by atoms with Gasteiger partial charge in [0.05, 0.1) is 11.9 Å². The minimum absolute atomic E-state index is 0.252. The molecule has 7 heteroatoms. The predicted molar refractivity (Wildman–Crippen MR) is 77.7 cm³/mol. The molecule has 0 saturated heterocycles. The van der Waals surface area contributed by atoms with Gasteiger partial charge in [-0.05, 0) is 19.1 Å². The van der Waals surface area contributed by atoms with Gasteiger partial charge in [-0.2, -0.15) is 0 Å². The van der Waals surface area contributed by atoms with Crippen LogP contribution in [0.3, 0.4) is 0 Å². The summed E-state index contributed by atoms with van der Waals surface area (Å²) in [6.45, 7) is 2.81. The molecular formula is C12H15N5OS. The molecule has 0 unspecified atom stereocenters. The molecule has 0 fully saturated rings. The molecule has 2 heterocycles. The molecular weight excluding hydrogens is 262 g/mol. The Morgan fingerprint density at radius 1 is 1.58 bits per heavy atom. The van der Waals surface area contributed by atoms with E-state index < -0.39 is 0 Å². The fourth-order valence-electron chi connectivity index (χ4n) is 1.41. The van der Waals surface area contributed by atoms with Crippen molar-refractivity contribution in [2.24, 2.45) is 0 Å². The molecule has 0 saturated carbocycles. The first kappa shape index (κ1) is 13.3. The van der Waals surface area contributed by atoms with Crippen molar-refractivity contribution in [3.8, 4) is 0 Å². The van der Waals surface area contributed by atoms with E-state index in [1.165, 1.54) is 11.3 Å². The fraction of sp³-hybridized carbons (Fsp3) is 0.250. The Bertz CT molecular complexity index is 569. The van der Waals surface area contributed by atoms with Crippen LogP contribution in [0.15, 0.2) is 24.5 Å². The van der Waals surface area contributed by atoms with Crippen molar-refractivity contribution in [3.05, 3.63) is 29.4 Å². The molecule has 6 nitrogen and oxygen atoms in total. The van der Waals surface area contributed by atoms with Gasteiger partial charge in [0.15, 0.2) is 5.13 Å². The van der Waals surface area contributed by atoms with Gasteiger partial charge in [-0.1, -0.05) is 11.3 Å². The van der Waals surface area contributed by atoms with E-state index in [1.807, 2.05) is 18.9 Å². The fourth-order valence-corrected chi connectivity index (χ4v) is 2.31. The Balaban J connectivity index is 2.18. The molecule has 2 aromatic rings. The quantitative estimate of drug-likeness (QED) is 0.890. The van der Waals surface area contributed by atoms with Crippen molar-refractivity contribution in [1.82, 2.24) is 9.97 Å². The number of pyridine rings is 1. The zero-order chi connectivity index (χ0) is 13.8. The number of nitrogen functional groups attached to an aromatic ring is 1. The van der Waals surface area contributed by atoms with Crippen molar-refractivity contribution in [1.29, 1.82) is 0 Å². The number of hydrogen-bond donors (Lipinski definition) is 2. The summed E-state index contributed by atoms with van der Waals surface area (Å²) in [5.41, 5.74) is 6.41. The van der Waals surface area contributed by atoms with Crippen molar-refractivity contribution < 1.29 is 4.79 Å². The van der Waals surface area contributed by atoms with Crippen LogP contribution in [0.1, 0.15) is 16.6 Å². The highest BCUT2D eigenvalue weighted by atomic mass is 32.1. The average molecular weight is 277 g/mol. The minimum Gasteiger partial charge on any atom is -0.382 e. The van der Waals surface area contributed by atoms with E-state index in [2.05, 4.69) is 15.3 Å². The monoisotopic (exact) mass is 277 g/mol. The highest BCUT2D eigenvalue weighted by Gasteiger charge is 2.17. The molecule has 3 N–H and O–H groups in total. The van der Waals surface area contributed by atoms with Crippen molar-refractivity contribution in [2.75, 3.05) is 29.5 Å². The number of thiazole rings is 1. The van der Waals surface area contributed by atoms with Gasteiger partial charge in [0, 0.05) is 19.8 Å². The van der Waals surface area contributed by atoms with Gasteiger partial charge in [0.25, 0.3) is 5.91 Å². The number of rotatable bonds is 4. The SMILES string of the molecule is CCN(C)c1nc(N)c(C(=O)Nc2cccnc2)s1. The summed E-state index contributed by atoms with van der Waals surface area (Å²) in [7, 11) is 1.90. The number of nitrogens with zero attached hydrogens (tertiary/aromatic N) is 3. The largest absolute Gasteiger partial charge is 0.382 e. The molecule has 0 bridgehead atoms. The van der Waals surface area contributed by atoms with Crippen molar-refractivity contribution in [3.63, 3.8) is 0 Å². The zero-order valence-corrected chi connectivity index (χ0v) is 11.6. The Labute approximate surface area is 115 Å². The third kappa shape index (κ3) is 3.00. The van der Waals surface area contributed by atoms with Crippen LogP contribution >= 0.6 is 11.3 Å². The number of hydrogen-bond acceptors (Lipinski definition) is 6. The number of anilines is 3. The van der Waals surface area contributed by atoms with E-state index in [9.17, 15) is 4.79 Å². The lowest BCUT2D eigenvalue weighted by Gasteiger charge is -2.10. The van der Waals surface area contributed by atoms with E-state index in [-0.39, 0.29) is 11.7 Å². The first-order chi connectivity index (χ1) is 9.11. The van der Waals surface area contributed by atoms with Gasteiger partial charge in [0.1, 0.15) is 10.7 Å². The van der Waals surface area contributed by atoms with Gasteiger partial charge >= 0.3 is 0 Å². The van der Waals surface area contributed by atoms with Gasteiger partial charge in [-0.25, -0.2) is 4.98 Å². The van der Waals surface area contributed by atoms with E-state index in [4.69, 9.17) is 5.73 Å². The number of nitrogens with one attached hydrogen (secondary N) is 1. The van der Waals surface area contributed by atoms with E-state index in [0.29, 0.717) is 10.6 Å². The molecule has 0 aromatic carbocycles. The first-order valence-corrected chi connectivity index (χ1v) is 6.62. The molecule has 0 aliphatic rings. The molecule has 19 heavy (non-hydrogen) atoms. The maximum absolute atomic E-state index is 12.1. The maximum atomic E-state index is 12.1. The molecule has 0 spiro atoms. The maximum Gasteiger partial charge on any atom is 0.269 e. The molecule has 0 radical (unpaired) electrons. The molecule has 100 valence electrons. The van der Waals surface area contributed by atoms with Crippen LogP contribution in [0.5, 0.6) is 0 Å². The normalized spacial score (nSPS) is 10.2. The van der Waals surface area contributed by atoms with Gasteiger partial charge < -0.3 is 16.0 Å². The topological polar surface area (TPSA) is 84.1 Å². The molecule has 2 aromatic heterocycles. The van der Waals surface area contributed by atoms with Gasteiger partial charge in [0.2, 0.25) is 0 Å². The second-order valence-electron chi connectivity index (χ2n) is 3.92. The summed E-state index contributed by atoms with van der Waals surface area (Å²) in [4.78, 5) is 22.6. The molecule has 1 amide bonds. The molecule has 0 aliphatic carbocycles. The molecule has 0 aliphatic heterocycles. The lowest BCUT2D eigenvalue weighted by molar-refractivity contribution is 0.103. The Kier molecular flexibility index (Phi) is 3.96. The second-order valence-corrected chi connectivity index (χ2v) is 4.90. The third-order valence-electron chi connectivity index (χ3n) is 2.57. The first-order valence-electron chi connectivity index (χ1n) is 5.80. The molecule has 2 rings (SSSR count). The zero-order valence-electron chi connectivity index (χ0n) is 10.8. The van der Waals surface area contributed by atoms with Crippen molar-refractivity contribution >= 4 is 33.9 Å². The minimum atomic E-state index is -0.265. The van der Waals surface area contributed by atoms with Crippen LogP contribution < -0.4 is 16.0 Å². The highest BCUT2D eigenvalue weighted by Crippen LogP contribution is 2.27. The number of carbonyl (C=O) groups excluding carboxylic acids is 1. The standard InChI is InChI=1S/C12H15N5OS/c1-3-17(2)12-16-10(13)9(19-12)11(18)15-8-5-4-6-14-7-8/h4-7H,3,13H2,1-2H3,(H,15,18). The van der Waals surface area contributed by atoms with E-state index in [0.717, 1.165) is 11.7 Å². The number of nitrogens with two attached hydrogens (primary N) is 1. The van der Waals surface area contributed by atoms with E-state index >= 15 is 0 Å². The number of amides is 1. The van der Waals surface area contributed by atoms with Crippen LogP contribution in [0, 0.1) is 0 Å². The lowest BCUT2D eigenvalue weighted by atomic mass is 10.4. The van der Waals surface area contributed by atoms with Crippen LogP contribution in [0.2, 0.25) is 0 Å². The van der Waals surface area contributed by atoms with Gasteiger partial charge in [-0.3, -0.25) is 9.78 Å². The number of carbonyl (C=O) groups is 1. The second kappa shape index (κ2) is 5.66. The smallest absolute Gasteiger partial charge is 0.269 e. The van der Waals surface area contributed by atoms with Crippen LogP contribution in [0.25, 0.3) is 0 Å². The summed E-state index contributed by atoms with van der Waals surface area (Å²) in [5, 5.41) is 3.47. The van der Waals surface area contributed by atoms with Crippen LogP contribution in [0.4, 0.5) is 16.6 Å². The Morgan fingerprint density at radius 3 is 3.00 bits per heavy atom. The third-order valence-corrected chi connectivity index (χ3v) is 3.75. The van der Waals surface area contributed by atoms with Gasteiger partial charge in [-0.15, -0.1) is 0 Å². The number of aromatic nitrogens is 2. The average Bonchev–Trinajstić information content (AvgIpc) is 2.81. The molecule has 0 atom stereocenters. The summed E-state index contributed by atoms with van der Waals surface area (Å²) in [6.07, 6.45) is 3.22. The van der Waals surface area contributed by atoms with Crippen molar-refractivity contribution in [2.45, 2.75) is 6.92 Å². The summed E-state index contributed by atoms with van der Waals surface area (Å²) in [5.74, 6) is -0.0135.